The minimum atomic E-state index is 0.0299. The van der Waals surface area contributed by atoms with Crippen molar-refractivity contribution in [2.75, 3.05) is 0 Å². The summed E-state index contributed by atoms with van der Waals surface area (Å²) in [5.74, 6) is 0. The van der Waals surface area contributed by atoms with Crippen LogP contribution in [-0.4, -0.2) is 4.57 Å². The van der Waals surface area contributed by atoms with E-state index in [9.17, 15) is 4.79 Å². The summed E-state index contributed by atoms with van der Waals surface area (Å²) < 4.78 is 1.79. The highest BCUT2D eigenvalue weighted by molar-refractivity contribution is 6.42. The molecule has 0 bridgehead atoms. The molecule has 0 fully saturated rings. The van der Waals surface area contributed by atoms with E-state index in [1.807, 2.05) is 44.2 Å². The quantitative estimate of drug-likeness (QED) is 0.649. The van der Waals surface area contributed by atoms with Crippen LogP contribution >= 0.6 is 23.2 Å². The summed E-state index contributed by atoms with van der Waals surface area (Å²) >= 11 is 12.0. The van der Waals surface area contributed by atoms with Gasteiger partial charge in [-0.15, -0.1) is 0 Å². The Balaban J connectivity index is 2.22. The Kier molecular flexibility index (Phi) is 3.98. The van der Waals surface area contributed by atoms with Crippen molar-refractivity contribution in [3.05, 3.63) is 79.6 Å². The predicted octanol–water partition coefficient (Wildman–Crippen LogP) is 4.97. The van der Waals surface area contributed by atoms with E-state index in [2.05, 4.69) is 0 Å². The van der Waals surface area contributed by atoms with Crippen molar-refractivity contribution in [3.63, 3.8) is 0 Å². The summed E-state index contributed by atoms with van der Waals surface area (Å²) in [4.78, 5) is 12.7. The van der Waals surface area contributed by atoms with Crippen LogP contribution in [0.3, 0.4) is 0 Å². The van der Waals surface area contributed by atoms with Crippen LogP contribution in [0, 0.1) is 13.8 Å². The van der Waals surface area contributed by atoms with E-state index >= 15 is 0 Å². The molecule has 0 saturated carbocycles. The van der Waals surface area contributed by atoms with Gasteiger partial charge in [0.2, 0.25) is 0 Å². The molecule has 2 aromatic carbocycles. The Morgan fingerprint density at radius 3 is 2.41 bits per heavy atom. The van der Waals surface area contributed by atoms with E-state index in [0.29, 0.717) is 16.6 Å². The molecule has 0 unspecified atom stereocenters. The Labute approximate surface area is 138 Å². The van der Waals surface area contributed by atoms with Crippen LogP contribution in [-0.2, 0) is 6.54 Å². The van der Waals surface area contributed by atoms with Crippen molar-refractivity contribution in [3.8, 4) is 0 Å². The monoisotopic (exact) mass is 331 g/mol. The predicted molar refractivity (Wildman–Crippen MR) is 93.2 cm³/mol. The van der Waals surface area contributed by atoms with Crippen LogP contribution < -0.4 is 5.56 Å². The molecule has 0 atom stereocenters. The summed E-state index contributed by atoms with van der Waals surface area (Å²) in [6, 6.07) is 13.4. The number of halogens is 2. The normalized spacial score (nSPS) is 11.1. The molecule has 0 amide bonds. The summed E-state index contributed by atoms with van der Waals surface area (Å²) in [7, 11) is 0. The third-order valence-corrected chi connectivity index (χ3v) is 4.79. The first-order valence-corrected chi connectivity index (χ1v) is 7.77. The number of aromatic nitrogens is 1. The molecule has 0 spiro atoms. The molecule has 0 N–H and O–H groups in total. The fourth-order valence-electron chi connectivity index (χ4n) is 2.68. The van der Waals surface area contributed by atoms with Gasteiger partial charge < -0.3 is 4.57 Å². The second-order valence-electron chi connectivity index (χ2n) is 5.41. The SMILES string of the molecule is Cc1c(C)c2ccccc2n(Cc2ccc(Cl)c(Cl)c2)c1=O. The van der Waals surface area contributed by atoms with Gasteiger partial charge in [0.05, 0.1) is 22.1 Å². The number of para-hydroxylation sites is 1. The van der Waals surface area contributed by atoms with Crippen molar-refractivity contribution in [1.29, 1.82) is 0 Å². The lowest BCUT2D eigenvalue weighted by Gasteiger charge is -2.14. The number of hydrogen-bond donors (Lipinski definition) is 0. The average molecular weight is 332 g/mol. The van der Waals surface area contributed by atoms with E-state index in [0.717, 1.165) is 27.6 Å². The van der Waals surface area contributed by atoms with Crippen LogP contribution in [0.5, 0.6) is 0 Å². The Morgan fingerprint density at radius 1 is 0.955 bits per heavy atom. The number of nitrogens with zero attached hydrogens (tertiary/aromatic N) is 1. The van der Waals surface area contributed by atoms with Gasteiger partial charge in [-0.3, -0.25) is 4.79 Å². The smallest absolute Gasteiger partial charge is 0.254 e. The number of pyridine rings is 1. The number of aryl methyl sites for hydroxylation is 1. The second kappa shape index (κ2) is 5.79. The van der Waals surface area contributed by atoms with Gasteiger partial charge in [-0.05, 0) is 43.2 Å². The molecule has 22 heavy (non-hydrogen) atoms. The van der Waals surface area contributed by atoms with Crippen molar-refractivity contribution in [1.82, 2.24) is 4.57 Å². The molecular formula is C18H15Cl2NO. The highest BCUT2D eigenvalue weighted by Crippen LogP contribution is 2.24. The molecule has 0 aliphatic carbocycles. The van der Waals surface area contributed by atoms with Crippen LogP contribution in [0.2, 0.25) is 10.0 Å². The van der Waals surface area contributed by atoms with E-state index < -0.39 is 0 Å². The van der Waals surface area contributed by atoms with Gasteiger partial charge in [0.1, 0.15) is 0 Å². The van der Waals surface area contributed by atoms with Crippen LogP contribution in [0.1, 0.15) is 16.7 Å². The summed E-state index contributed by atoms with van der Waals surface area (Å²) in [6.45, 7) is 4.33. The van der Waals surface area contributed by atoms with E-state index in [-0.39, 0.29) is 5.56 Å². The molecule has 112 valence electrons. The van der Waals surface area contributed by atoms with E-state index in [1.54, 1.807) is 16.7 Å². The summed E-state index contributed by atoms with van der Waals surface area (Å²) in [5, 5.41) is 2.11. The number of rotatable bonds is 2. The summed E-state index contributed by atoms with van der Waals surface area (Å²) in [5.41, 5.74) is 3.72. The first-order valence-electron chi connectivity index (χ1n) is 7.01. The van der Waals surface area contributed by atoms with E-state index in [1.165, 1.54) is 0 Å². The Bertz CT molecular complexity index is 928. The maximum atomic E-state index is 12.7. The van der Waals surface area contributed by atoms with Gasteiger partial charge in [-0.2, -0.15) is 0 Å². The van der Waals surface area contributed by atoms with Crippen molar-refractivity contribution >= 4 is 34.1 Å². The molecule has 3 aromatic rings. The molecule has 1 aromatic heterocycles. The molecule has 0 saturated heterocycles. The Hall–Kier alpha value is -1.77. The van der Waals surface area contributed by atoms with Gasteiger partial charge >= 0.3 is 0 Å². The van der Waals surface area contributed by atoms with E-state index in [4.69, 9.17) is 23.2 Å². The lowest BCUT2D eigenvalue weighted by molar-refractivity contribution is 0.785. The number of fused-ring (bicyclic) bond motifs is 1. The first-order chi connectivity index (χ1) is 10.5. The van der Waals surface area contributed by atoms with Crippen molar-refractivity contribution in [2.45, 2.75) is 20.4 Å². The maximum absolute atomic E-state index is 12.7. The average Bonchev–Trinajstić information content (AvgIpc) is 2.53. The molecular weight excluding hydrogens is 317 g/mol. The zero-order valence-corrected chi connectivity index (χ0v) is 13.9. The van der Waals surface area contributed by atoms with Gasteiger partial charge in [-0.1, -0.05) is 47.5 Å². The lowest BCUT2D eigenvalue weighted by atomic mass is 10.0. The third-order valence-electron chi connectivity index (χ3n) is 4.05. The molecule has 2 nitrogen and oxygen atoms in total. The molecule has 0 aliphatic heterocycles. The minimum Gasteiger partial charge on any atom is -0.304 e. The fraction of sp³-hybridized carbons (Fsp3) is 0.167. The molecule has 3 rings (SSSR count). The second-order valence-corrected chi connectivity index (χ2v) is 6.22. The van der Waals surface area contributed by atoms with Gasteiger partial charge in [0.25, 0.3) is 5.56 Å². The van der Waals surface area contributed by atoms with Crippen LogP contribution in [0.25, 0.3) is 10.9 Å². The highest BCUT2D eigenvalue weighted by Gasteiger charge is 2.11. The summed E-state index contributed by atoms with van der Waals surface area (Å²) in [6.07, 6.45) is 0. The molecule has 1 heterocycles. The van der Waals surface area contributed by atoms with Gasteiger partial charge in [-0.25, -0.2) is 0 Å². The molecule has 0 aliphatic rings. The first kappa shape index (κ1) is 15.1. The zero-order valence-electron chi connectivity index (χ0n) is 12.4. The van der Waals surface area contributed by atoms with Crippen molar-refractivity contribution < 1.29 is 0 Å². The van der Waals surface area contributed by atoms with Gasteiger partial charge in [0, 0.05) is 10.9 Å². The molecule has 0 radical (unpaired) electrons. The largest absolute Gasteiger partial charge is 0.304 e. The van der Waals surface area contributed by atoms with Crippen LogP contribution in [0.15, 0.2) is 47.3 Å². The standard InChI is InChI=1S/C18H15Cl2NO/c1-11-12(2)18(22)21(17-6-4-3-5-14(11)17)10-13-7-8-15(19)16(20)9-13/h3-9H,10H2,1-2H3. The number of benzene rings is 2. The van der Waals surface area contributed by atoms with Crippen LogP contribution in [0.4, 0.5) is 0 Å². The maximum Gasteiger partial charge on any atom is 0.254 e. The minimum absolute atomic E-state index is 0.0299. The van der Waals surface area contributed by atoms with Gasteiger partial charge in [0.15, 0.2) is 0 Å². The fourth-order valence-corrected chi connectivity index (χ4v) is 3.00. The number of hydrogen-bond acceptors (Lipinski definition) is 1. The lowest BCUT2D eigenvalue weighted by Crippen LogP contribution is -2.24. The zero-order chi connectivity index (χ0) is 15.9. The molecule has 4 heteroatoms. The Morgan fingerprint density at radius 2 is 1.68 bits per heavy atom. The topological polar surface area (TPSA) is 22.0 Å². The van der Waals surface area contributed by atoms with Crippen molar-refractivity contribution in [2.24, 2.45) is 0 Å². The highest BCUT2D eigenvalue weighted by atomic mass is 35.5. The third kappa shape index (κ3) is 2.53.